The van der Waals surface area contributed by atoms with Gasteiger partial charge in [0.25, 0.3) is 5.91 Å². The number of halogens is 1. The Morgan fingerprint density at radius 2 is 1.39 bits per heavy atom. The van der Waals surface area contributed by atoms with Crippen LogP contribution in [0.25, 0.3) is 11.0 Å². The Kier molecular flexibility index (Phi) is 17.4. The molecule has 19 heteroatoms. The van der Waals surface area contributed by atoms with Gasteiger partial charge in [-0.1, -0.05) is 54.8 Å². The van der Waals surface area contributed by atoms with Crippen LogP contribution in [-0.4, -0.2) is 108 Å². The van der Waals surface area contributed by atoms with Gasteiger partial charge in [0.15, 0.2) is 0 Å². The number of sulfonamides is 2. The lowest BCUT2D eigenvalue weighted by atomic mass is 9.90. The molecule has 1 aliphatic carbocycles. The van der Waals surface area contributed by atoms with Gasteiger partial charge < -0.3 is 29.3 Å². The minimum atomic E-state index is -4.07. The average molecular weight is 1020 g/mol. The SMILES string of the molecule is O=C1CCC(c2coc3cccc(OCCOCCOCCNC(=O)c4ccc(CN(CC5CCNCC5)S(=O)(=O)c5ccc(S(=O)(=O)N(Cc6ccc(Cl)cc6)C6CCCC6)cc5)cc4)c23)C(=O)N1. The average Bonchev–Trinajstić information content (AvgIpc) is 4.06. The number of fused-ring (bicyclic) bond motifs is 1. The highest BCUT2D eigenvalue weighted by atomic mass is 35.5. The van der Waals surface area contributed by atoms with Crippen molar-refractivity contribution in [3.63, 3.8) is 0 Å². The minimum Gasteiger partial charge on any atom is -0.490 e. The number of hydrogen-bond acceptors (Lipinski definition) is 12. The third-order valence-electron chi connectivity index (χ3n) is 13.1. The molecular formula is C51H60ClN5O11S2. The van der Waals surface area contributed by atoms with Crippen LogP contribution in [-0.2, 0) is 52.2 Å². The molecule has 1 saturated carbocycles. The lowest BCUT2D eigenvalue weighted by Gasteiger charge is -2.30. The van der Waals surface area contributed by atoms with Crippen LogP contribution in [0.15, 0.2) is 111 Å². The number of nitrogens with zero attached hydrogens (tertiary/aromatic N) is 2. The van der Waals surface area contributed by atoms with E-state index in [1.165, 1.54) is 28.6 Å². The normalized spacial score (nSPS) is 17.4. The van der Waals surface area contributed by atoms with E-state index in [1.54, 1.807) is 65.2 Å². The standard InChI is InChI=1S/C51H60ClN5O11S2/c52-40-14-10-37(11-15-40)34-57(41-4-1-2-5-41)70(63,64)43-18-16-42(17-19-43)69(61,62)56(33-38-22-24-53-25-23-38)32-36-8-12-39(13-9-36)50(59)54-26-27-65-28-29-66-30-31-67-46-6-3-7-47-49(46)45(35-68-47)44-20-21-48(58)55-51(44)60/h3,6-19,35,38,41,44,53H,1-2,4-5,20-34H2,(H,54,59)(H,55,58,60). The van der Waals surface area contributed by atoms with E-state index in [-0.39, 0.29) is 85.3 Å². The molecule has 374 valence electrons. The smallest absolute Gasteiger partial charge is 0.251 e. The van der Waals surface area contributed by atoms with Gasteiger partial charge in [0.2, 0.25) is 31.9 Å². The van der Waals surface area contributed by atoms with Crippen molar-refractivity contribution in [3.8, 4) is 5.75 Å². The van der Waals surface area contributed by atoms with Crippen LogP contribution in [0.4, 0.5) is 0 Å². The Balaban J connectivity index is 0.802. The van der Waals surface area contributed by atoms with Crippen LogP contribution in [0.3, 0.4) is 0 Å². The van der Waals surface area contributed by atoms with Gasteiger partial charge in [-0.05, 0) is 123 Å². The van der Waals surface area contributed by atoms with Crippen molar-refractivity contribution in [2.75, 3.05) is 59.2 Å². The number of rotatable bonds is 23. The molecule has 0 radical (unpaired) electrons. The van der Waals surface area contributed by atoms with Gasteiger partial charge >= 0.3 is 0 Å². The zero-order valence-electron chi connectivity index (χ0n) is 39.0. The summed E-state index contributed by atoms with van der Waals surface area (Å²) in [7, 11) is -8.03. The van der Waals surface area contributed by atoms with Gasteiger partial charge in [-0.25, -0.2) is 16.8 Å². The van der Waals surface area contributed by atoms with E-state index in [2.05, 4.69) is 16.0 Å². The van der Waals surface area contributed by atoms with Crippen LogP contribution in [0.1, 0.15) is 84.3 Å². The van der Waals surface area contributed by atoms with Crippen molar-refractivity contribution in [1.82, 2.24) is 24.6 Å². The molecule has 1 unspecified atom stereocenters. The molecule has 5 aromatic rings. The number of benzene rings is 4. The second-order valence-electron chi connectivity index (χ2n) is 17.9. The summed E-state index contributed by atoms with van der Waals surface area (Å²) in [6, 6.07) is 24.8. The van der Waals surface area contributed by atoms with E-state index in [1.807, 2.05) is 12.1 Å². The van der Waals surface area contributed by atoms with Crippen molar-refractivity contribution in [3.05, 3.63) is 125 Å². The lowest BCUT2D eigenvalue weighted by Crippen LogP contribution is -2.39. The van der Waals surface area contributed by atoms with Gasteiger partial charge in [-0.15, -0.1) is 0 Å². The summed E-state index contributed by atoms with van der Waals surface area (Å²) in [5.74, 6) is -0.749. The topological polar surface area (TPSA) is 203 Å². The monoisotopic (exact) mass is 1020 g/mol. The molecule has 3 fully saturated rings. The molecular weight excluding hydrogens is 958 g/mol. The Bertz CT molecular complexity index is 2800. The van der Waals surface area contributed by atoms with E-state index >= 15 is 0 Å². The highest BCUT2D eigenvalue weighted by Gasteiger charge is 2.35. The maximum Gasteiger partial charge on any atom is 0.251 e. The number of furan rings is 1. The van der Waals surface area contributed by atoms with Gasteiger partial charge in [-0.2, -0.15) is 8.61 Å². The van der Waals surface area contributed by atoms with Crippen molar-refractivity contribution in [1.29, 1.82) is 0 Å². The number of piperidine rings is 2. The summed E-state index contributed by atoms with van der Waals surface area (Å²) in [5.41, 5.74) is 3.19. The van der Waals surface area contributed by atoms with Crippen molar-refractivity contribution >= 4 is 60.3 Å². The Hall–Kier alpha value is -5.18. The second kappa shape index (κ2) is 23.8. The number of carbonyl (C=O) groups is 3. The number of carbonyl (C=O) groups excluding carboxylic acids is 3. The second-order valence-corrected chi connectivity index (χ2v) is 22.2. The fourth-order valence-corrected chi connectivity index (χ4v) is 12.6. The quantitative estimate of drug-likeness (QED) is 0.0459. The Morgan fingerprint density at radius 3 is 2.09 bits per heavy atom. The largest absolute Gasteiger partial charge is 0.490 e. The summed E-state index contributed by atoms with van der Waals surface area (Å²) in [6.45, 7) is 3.78. The Labute approximate surface area is 414 Å². The number of amides is 3. The Morgan fingerprint density at radius 1 is 0.743 bits per heavy atom. The molecule has 3 aliphatic rings. The number of hydrogen-bond donors (Lipinski definition) is 3. The first-order valence-corrected chi connectivity index (χ1v) is 27.2. The molecule has 8 rings (SSSR count). The molecule has 4 aromatic carbocycles. The molecule has 16 nitrogen and oxygen atoms in total. The van der Waals surface area contributed by atoms with Crippen LogP contribution in [0.2, 0.25) is 5.02 Å². The molecule has 2 aliphatic heterocycles. The number of nitrogens with one attached hydrogen (secondary N) is 3. The molecule has 1 atom stereocenters. The van der Waals surface area contributed by atoms with Crippen LogP contribution in [0, 0.1) is 5.92 Å². The van der Waals surface area contributed by atoms with E-state index in [0.717, 1.165) is 57.2 Å². The minimum absolute atomic E-state index is 0.00668. The molecule has 1 aromatic heterocycles. The number of ether oxygens (including phenoxy) is 3. The van der Waals surface area contributed by atoms with Crippen LogP contribution < -0.4 is 20.7 Å². The molecule has 70 heavy (non-hydrogen) atoms. The van der Waals surface area contributed by atoms with Gasteiger partial charge in [0, 0.05) is 54.8 Å². The molecule has 0 spiro atoms. The maximum atomic E-state index is 14.4. The summed E-state index contributed by atoms with van der Waals surface area (Å²) < 4.78 is 83.2. The summed E-state index contributed by atoms with van der Waals surface area (Å²) in [6.07, 6.45) is 7.25. The summed E-state index contributed by atoms with van der Waals surface area (Å²) >= 11 is 6.10. The van der Waals surface area contributed by atoms with Crippen LogP contribution in [0.5, 0.6) is 5.75 Å². The maximum absolute atomic E-state index is 14.4. The highest BCUT2D eigenvalue weighted by molar-refractivity contribution is 7.89. The van der Waals surface area contributed by atoms with Crippen molar-refractivity contribution in [2.24, 2.45) is 5.92 Å². The van der Waals surface area contributed by atoms with Gasteiger partial charge in [0.05, 0.1) is 53.8 Å². The van der Waals surface area contributed by atoms with E-state index in [0.29, 0.717) is 64.6 Å². The third kappa shape index (κ3) is 12.8. The number of imide groups is 1. The zero-order valence-corrected chi connectivity index (χ0v) is 41.4. The molecule has 2 saturated heterocycles. The molecule has 3 heterocycles. The summed E-state index contributed by atoms with van der Waals surface area (Å²) in [4.78, 5) is 37.3. The predicted octanol–water partition coefficient (Wildman–Crippen LogP) is 6.77. The molecule has 0 bridgehead atoms. The van der Waals surface area contributed by atoms with E-state index < -0.39 is 26.0 Å². The van der Waals surface area contributed by atoms with Crippen molar-refractivity contribution < 1.29 is 49.8 Å². The van der Waals surface area contributed by atoms with E-state index in [4.69, 9.17) is 30.2 Å². The molecule has 3 amide bonds. The first kappa shape index (κ1) is 51.2. The van der Waals surface area contributed by atoms with Gasteiger partial charge in [0.1, 0.15) is 17.9 Å². The van der Waals surface area contributed by atoms with Crippen molar-refractivity contribution in [2.45, 2.75) is 86.2 Å². The van der Waals surface area contributed by atoms with Gasteiger partial charge in [-0.3, -0.25) is 19.7 Å². The predicted molar refractivity (Wildman–Crippen MR) is 263 cm³/mol. The summed E-state index contributed by atoms with van der Waals surface area (Å²) in [5, 5.41) is 9.85. The highest BCUT2D eigenvalue weighted by Crippen LogP contribution is 2.38. The van der Waals surface area contributed by atoms with Crippen LogP contribution >= 0.6 is 11.6 Å². The fourth-order valence-electron chi connectivity index (χ4n) is 9.32. The lowest BCUT2D eigenvalue weighted by molar-refractivity contribution is -0.134. The zero-order chi connectivity index (χ0) is 49.1. The first-order valence-electron chi connectivity index (χ1n) is 23.9. The first-order chi connectivity index (χ1) is 33.9. The van der Waals surface area contributed by atoms with E-state index in [9.17, 15) is 31.2 Å². The molecule has 3 N–H and O–H groups in total. The fraction of sp³-hybridized carbons (Fsp3) is 0.431. The third-order valence-corrected chi connectivity index (χ3v) is 17.1.